The van der Waals surface area contributed by atoms with Crippen molar-refractivity contribution in [3.05, 3.63) is 28.1 Å². The van der Waals surface area contributed by atoms with E-state index in [4.69, 9.17) is 4.74 Å². The number of carbonyl (C=O) groups excluding carboxylic acids is 1. The maximum atomic E-state index is 10.7. The molecule has 0 unspecified atom stereocenters. The number of allylic oxidation sites excluding steroid dienone is 1. The van der Waals surface area contributed by atoms with Crippen LogP contribution in [0.2, 0.25) is 0 Å². The summed E-state index contributed by atoms with van der Waals surface area (Å²) in [6, 6.07) is 0. The van der Waals surface area contributed by atoms with Crippen molar-refractivity contribution < 1.29 is 9.53 Å². The molecule has 0 heterocycles. The van der Waals surface area contributed by atoms with E-state index in [1.165, 1.54) is 12.2 Å². The second kappa shape index (κ2) is 2.99. The lowest BCUT2D eigenvalue weighted by atomic mass is 10.5. The molecule has 56 valence electrons. The Kier molecular flexibility index (Phi) is 2.04. The van der Waals surface area contributed by atoms with Crippen LogP contribution in [0.4, 0.5) is 0 Å². The first kappa shape index (κ1) is 7.51. The third kappa shape index (κ3) is 1.45. The molecule has 0 saturated carbocycles. The number of rotatable bonds is 3. The maximum Gasteiger partial charge on any atom is 0.233 e. The second-order valence-electron chi connectivity index (χ2n) is 1.92. The summed E-state index contributed by atoms with van der Waals surface area (Å²) in [5.41, 5.74) is 0.101. The van der Waals surface area contributed by atoms with E-state index >= 15 is 0 Å². The van der Waals surface area contributed by atoms with E-state index in [1.54, 1.807) is 13.0 Å². The van der Waals surface area contributed by atoms with Gasteiger partial charge in [0.15, 0.2) is 5.75 Å². The standard InChI is InChI=1S/C8H6O3/c1-2-5-11-8-6(3-4-9)7(8)10/h2-3,5H,1H3/b5-2+. The molecule has 1 aromatic carbocycles. The normalized spacial score (nSPS) is 10.3. The van der Waals surface area contributed by atoms with Crippen LogP contribution >= 0.6 is 0 Å². The molecule has 0 bridgehead atoms. The molecule has 0 aliphatic rings. The van der Waals surface area contributed by atoms with Gasteiger partial charge in [-0.15, -0.1) is 0 Å². The molecule has 0 fully saturated rings. The predicted molar refractivity (Wildman–Crippen MR) is 40.7 cm³/mol. The first-order chi connectivity index (χ1) is 5.31. The summed E-state index contributed by atoms with van der Waals surface area (Å²) in [4.78, 5) is 20.5. The molecule has 0 N–H and O–H groups in total. The smallest absolute Gasteiger partial charge is 0.233 e. The third-order valence-electron chi connectivity index (χ3n) is 1.16. The summed E-state index contributed by atoms with van der Waals surface area (Å²) in [7, 11) is 0. The van der Waals surface area contributed by atoms with Crippen LogP contribution in [0, 0.1) is 0 Å². The average molecular weight is 150 g/mol. The van der Waals surface area contributed by atoms with Gasteiger partial charge >= 0.3 is 0 Å². The summed E-state index contributed by atoms with van der Waals surface area (Å²) >= 11 is 0. The summed E-state index contributed by atoms with van der Waals surface area (Å²) in [6.45, 7) is 1.77. The summed E-state index contributed by atoms with van der Waals surface area (Å²) < 4.78 is 4.82. The largest absolute Gasteiger partial charge is 0.460 e. The number of ether oxygens (including phenoxy) is 1. The van der Waals surface area contributed by atoms with E-state index < -0.39 is 0 Å². The van der Waals surface area contributed by atoms with Crippen LogP contribution in [0.25, 0.3) is 6.08 Å². The molecule has 0 aliphatic heterocycles. The molecule has 0 amide bonds. The van der Waals surface area contributed by atoms with E-state index in [2.05, 4.69) is 0 Å². The minimum Gasteiger partial charge on any atom is -0.460 e. The van der Waals surface area contributed by atoms with Gasteiger partial charge in [0.1, 0.15) is 5.94 Å². The van der Waals surface area contributed by atoms with Crippen LogP contribution in [0.1, 0.15) is 12.5 Å². The fourth-order valence-electron chi connectivity index (χ4n) is 0.610. The third-order valence-corrected chi connectivity index (χ3v) is 1.16. The minimum absolute atomic E-state index is 0.216. The van der Waals surface area contributed by atoms with Crippen LogP contribution in [0.15, 0.2) is 17.1 Å². The van der Waals surface area contributed by atoms with Crippen molar-refractivity contribution in [1.82, 2.24) is 0 Å². The van der Waals surface area contributed by atoms with E-state index in [9.17, 15) is 9.59 Å². The molecule has 0 atom stereocenters. The van der Waals surface area contributed by atoms with E-state index in [1.807, 2.05) is 0 Å². The van der Waals surface area contributed by atoms with Crippen LogP contribution < -0.4 is 10.2 Å². The molecule has 3 nitrogen and oxygen atoms in total. The fourth-order valence-corrected chi connectivity index (χ4v) is 0.610. The number of hydrogen-bond donors (Lipinski definition) is 0. The molecule has 0 aromatic heterocycles. The lowest BCUT2D eigenvalue weighted by Gasteiger charge is -1.83. The van der Waals surface area contributed by atoms with Crippen LogP contribution in [-0.2, 0) is 4.79 Å². The van der Waals surface area contributed by atoms with Gasteiger partial charge in [-0.3, -0.25) is 4.79 Å². The van der Waals surface area contributed by atoms with E-state index in [-0.39, 0.29) is 11.2 Å². The zero-order valence-electron chi connectivity index (χ0n) is 5.96. The molecule has 0 saturated heterocycles. The monoisotopic (exact) mass is 150 g/mol. The molecular formula is C8H6O3. The molecule has 1 rings (SSSR count). The van der Waals surface area contributed by atoms with Gasteiger partial charge in [0, 0.05) is 6.08 Å². The van der Waals surface area contributed by atoms with Gasteiger partial charge in [-0.2, -0.15) is 0 Å². The SMILES string of the molecule is C/C=C/Oc1c(C=C=O)c1=O. The van der Waals surface area contributed by atoms with Crippen molar-refractivity contribution in [3.8, 4) is 5.75 Å². The van der Waals surface area contributed by atoms with Crippen molar-refractivity contribution in [3.63, 3.8) is 0 Å². The quantitative estimate of drug-likeness (QED) is 0.470. The van der Waals surface area contributed by atoms with Gasteiger partial charge < -0.3 is 4.74 Å². The highest BCUT2D eigenvalue weighted by molar-refractivity contribution is 5.82. The van der Waals surface area contributed by atoms with Crippen molar-refractivity contribution in [1.29, 1.82) is 0 Å². The Balaban J connectivity index is 2.67. The highest BCUT2D eigenvalue weighted by atomic mass is 16.5. The highest BCUT2D eigenvalue weighted by Gasteiger charge is 2.21. The zero-order chi connectivity index (χ0) is 8.27. The molecule has 0 aliphatic carbocycles. The fraction of sp³-hybridized carbons (Fsp3) is 0.125. The van der Waals surface area contributed by atoms with Gasteiger partial charge in [0.2, 0.25) is 5.43 Å². The van der Waals surface area contributed by atoms with Gasteiger partial charge in [-0.05, 0) is 6.92 Å². The van der Waals surface area contributed by atoms with Crippen LogP contribution in [-0.4, -0.2) is 5.94 Å². The molecule has 0 spiro atoms. The van der Waals surface area contributed by atoms with Gasteiger partial charge in [0.05, 0.1) is 11.8 Å². The van der Waals surface area contributed by atoms with Crippen LogP contribution in [0.5, 0.6) is 5.75 Å². The molecule has 11 heavy (non-hydrogen) atoms. The summed E-state index contributed by atoms with van der Waals surface area (Å²) in [5.74, 6) is 1.75. The second-order valence-corrected chi connectivity index (χ2v) is 1.92. The maximum absolute atomic E-state index is 10.7. The van der Waals surface area contributed by atoms with Gasteiger partial charge in [-0.1, -0.05) is 6.08 Å². The molecule has 0 radical (unpaired) electrons. The molecular weight excluding hydrogens is 144 g/mol. The Hall–Kier alpha value is -1.60. The molecule has 1 aromatic rings. The van der Waals surface area contributed by atoms with Gasteiger partial charge in [-0.25, -0.2) is 4.79 Å². The highest BCUT2D eigenvalue weighted by Crippen LogP contribution is 2.19. The Morgan fingerprint density at radius 3 is 2.82 bits per heavy atom. The Bertz CT molecular complexity index is 333. The van der Waals surface area contributed by atoms with Crippen molar-refractivity contribution >= 4 is 12.0 Å². The Morgan fingerprint density at radius 1 is 1.55 bits per heavy atom. The lowest BCUT2D eigenvalue weighted by Crippen LogP contribution is -1.79. The minimum atomic E-state index is -0.216. The lowest BCUT2D eigenvalue weighted by molar-refractivity contribution is 0.492. The summed E-state index contributed by atoms with van der Waals surface area (Å²) in [6.07, 6.45) is 4.11. The van der Waals surface area contributed by atoms with Crippen LogP contribution in [0.3, 0.4) is 0 Å². The Morgan fingerprint density at radius 2 is 2.27 bits per heavy atom. The van der Waals surface area contributed by atoms with Gasteiger partial charge in [0.25, 0.3) is 0 Å². The van der Waals surface area contributed by atoms with Crippen molar-refractivity contribution in [2.45, 2.75) is 6.92 Å². The topological polar surface area (TPSA) is 43.4 Å². The first-order valence-corrected chi connectivity index (χ1v) is 3.09. The van der Waals surface area contributed by atoms with E-state index in [0.717, 1.165) is 6.08 Å². The summed E-state index contributed by atoms with van der Waals surface area (Å²) in [5, 5.41) is 0. The Labute approximate surface area is 63.3 Å². The number of hydrogen-bond acceptors (Lipinski definition) is 3. The molecule has 3 heteroatoms. The van der Waals surface area contributed by atoms with E-state index in [0.29, 0.717) is 5.56 Å². The zero-order valence-corrected chi connectivity index (χ0v) is 5.96. The van der Waals surface area contributed by atoms with Crippen molar-refractivity contribution in [2.75, 3.05) is 0 Å². The van der Waals surface area contributed by atoms with Crippen molar-refractivity contribution in [2.24, 2.45) is 0 Å². The average Bonchev–Trinajstić information content (AvgIpc) is 2.59. The predicted octanol–water partition coefficient (Wildman–Crippen LogP) is 0.680. The first-order valence-electron chi connectivity index (χ1n) is 3.09.